The number of aliphatic hydroxyl groups excluding tert-OH is 2. The van der Waals surface area contributed by atoms with Crippen molar-refractivity contribution in [1.82, 2.24) is 0 Å². The molecule has 1 heterocycles. The van der Waals surface area contributed by atoms with Crippen LogP contribution in [0.5, 0.6) is 0 Å². The topological polar surface area (TPSA) is 93.1 Å². The summed E-state index contributed by atoms with van der Waals surface area (Å²) in [4.78, 5) is 24.2. The second kappa shape index (κ2) is 7.97. The molecular weight excluding hydrogens is 324 g/mol. The van der Waals surface area contributed by atoms with Gasteiger partial charge >= 0.3 is 11.9 Å². The molecule has 4 atom stereocenters. The van der Waals surface area contributed by atoms with E-state index in [1.807, 2.05) is 13.0 Å². The van der Waals surface area contributed by atoms with Crippen molar-refractivity contribution < 1.29 is 29.3 Å². The Morgan fingerprint density at radius 2 is 2.16 bits per heavy atom. The molecule has 6 heteroatoms. The van der Waals surface area contributed by atoms with Crippen molar-refractivity contribution in [3.05, 3.63) is 35.5 Å². The third kappa shape index (κ3) is 4.19. The molecule has 1 fully saturated rings. The van der Waals surface area contributed by atoms with Crippen LogP contribution in [0.25, 0.3) is 0 Å². The van der Waals surface area contributed by atoms with Gasteiger partial charge in [-0.15, -0.1) is 0 Å². The van der Waals surface area contributed by atoms with E-state index in [1.165, 1.54) is 0 Å². The fraction of sp³-hybridized carbons (Fsp3) is 0.579. The van der Waals surface area contributed by atoms with Crippen LogP contribution in [0.15, 0.2) is 35.5 Å². The molecule has 0 radical (unpaired) electrons. The molecule has 0 amide bonds. The maximum absolute atomic E-state index is 12.2. The average molecular weight is 350 g/mol. The molecule has 0 aromatic heterocycles. The highest BCUT2D eigenvalue weighted by Crippen LogP contribution is 2.36. The molecule has 2 rings (SSSR count). The minimum atomic E-state index is -1.24. The third-order valence-electron chi connectivity index (χ3n) is 4.61. The molecule has 138 valence electrons. The smallest absolute Gasteiger partial charge is 0.334 e. The Labute approximate surface area is 147 Å². The number of ether oxygens (including phenoxy) is 2. The normalized spacial score (nSPS) is 34.5. The summed E-state index contributed by atoms with van der Waals surface area (Å²) in [6.07, 6.45) is 1.95. The first kappa shape index (κ1) is 19.4. The number of hydrogen-bond donors (Lipinski definition) is 2. The van der Waals surface area contributed by atoms with Crippen molar-refractivity contribution >= 4 is 11.9 Å². The number of aliphatic hydroxyl groups is 2. The minimum Gasteiger partial charge on any atom is -0.458 e. The predicted molar refractivity (Wildman–Crippen MR) is 91.4 cm³/mol. The quantitative estimate of drug-likeness (QED) is 0.457. The van der Waals surface area contributed by atoms with Crippen LogP contribution in [0.3, 0.4) is 0 Å². The molecule has 0 saturated carbocycles. The fourth-order valence-electron chi connectivity index (χ4n) is 3.07. The molecule has 1 aliphatic heterocycles. The number of fused-ring (bicyclic) bond motifs is 1. The number of allylic oxidation sites excluding steroid dienone is 2. The molecule has 25 heavy (non-hydrogen) atoms. The molecule has 0 aromatic rings. The largest absolute Gasteiger partial charge is 0.458 e. The van der Waals surface area contributed by atoms with Gasteiger partial charge in [-0.2, -0.15) is 0 Å². The summed E-state index contributed by atoms with van der Waals surface area (Å²) in [5.74, 6) is -2.16. The van der Waals surface area contributed by atoms with Gasteiger partial charge in [0.2, 0.25) is 0 Å². The Morgan fingerprint density at radius 3 is 2.76 bits per heavy atom. The Kier molecular flexibility index (Phi) is 6.19. The van der Waals surface area contributed by atoms with Crippen molar-refractivity contribution in [3.63, 3.8) is 0 Å². The zero-order valence-corrected chi connectivity index (χ0v) is 14.9. The number of hydrogen-bond acceptors (Lipinski definition) is 6. The van der Waals surface area contributed by atoms with Crippen LogP contribution in [-0.2, 0) is 19.1 Å². The van der Waals surface area contributed by atoms with E-state index in [0.29, 0.717) is 18.4 Å². The van der Waals surface area contributed by atoms with Gasteiger partial charge in [0.1, 0.15) is 18.3 Å². The monoisotopic (exact) mass is 350 g/mol. The van der Waals surface area contributed by atoms with Gasteiger partial charge in [-0.3, -0.25) is 4.79 Å². The van der Waals surface area contributed by atoms with Crippen molar-refractivity contribution in [1.29, 1.82) is 0 Å². The average Bonchev–Trinajstić information content (AvgIpc) is 2.82. The van der Waals surface area contributed by atoms with Crippen LogP contribution in [0.2, 0.25) is 0 Å². The summed E-state index contributed by atoms with van der Waals surface area (Å²) in [5, 5.41) is 20.4. The van der Waals surface area contributed by atoms with Gasteiger partial charge in [0.05, 0.1) is 18.4 Å². The lowest BCUT2D eigenvalue weighted by atomic mass is 9.83. The second-order valence-electron chi connectivity index (χ2n) is 6.91. The third-order valence-corrected chi connectivity index (χ3v) is 4.61. The molecule has 1 aliphatic carbocycles. The van der Waals surface area contributed by atoms with E-state index in [2.05, 4.69) is 6.58 Å². The Morgan fingerprint density at radius 1 is 1.48 bits per heavy atom. The maximum atomic E-state index is 12.2. The number of carbonyl (C=O) groups is 2. The van der Waals surface area contributed by atoms with Crippen molar-refractivity contribution in [2.24, 2.45) is 11.8 Å². The molecule has 1 saturated heterocycles. The minimum absolute atomic E-state index is 0.160. The van der Waals surface area contributed by atoms with E-state index >= 15 is 0 Å². The van der Waals surface area contributed by atoms with E-state index in [9.17, 15) is 19.8 Å². The lowest BCUT2D eigenvalue weighted by molar-refractivity contribution is -0.162. The SMILES string of the molecule is C=C1C(=O)O[C@@H]2/C=C(\C)CC/C=C(/CO)[C@@H](O)[C@@H](OC(=O)C(C)C)[C@@H]12. The number of esters is 2. The van der Waals surface area contributed by atoms with Gasteiger partial charge in [-0.25, -0.2) is 4.79 Å². The van der Waals surface area contributed by atoms with E-state index in [4.69, 9.17) is 9.47 Å². The predicted octanol–water partition coefficient (Wildman–Crippen LogP) is 1.67. The van der Waals surface area contributed by atoms with Gasteiger partial charge < -0.3 is 19.7 Å². The molecule has 6 nitrogen and oxygen atoms in total. The summed E-state index contributed by atoms with van der Waals surface area (Å²) in [5.41, 5.74) is 1.53. The van der Waals surface area contributed by atoms with Gasteiger partial charge in [-0.1, -0.05) is 32.1 Å². The van der Waals surface area contributed by atoms with E-state index < -0.39 is 42.1 Å². The van der Waals surface area contributed by atoms with Crippen LogP contribution in [0.1, 0.15) is 33.6 Å². The van der Waals surface area contributed by atoms with Gasteiger partial charge in [0, 0.05) is 5.57 Å². The van der Waals surface area contributed by atoms with E-state index in [1.54, 1.807) is 19.9 Å². The summed E-state index contributed by atoms with van der Waals surface area (Å²) in [6.45, 7) is 8.70. The van der Waals surface area contributed by atoms with Gasteiger partial charge in [0.15, 0.2) is 0 Å². The molecule has 0 bridgehead atoms. The van der Waals surface area contributed by atoms with Crippen LogP contribution in [-0.4, -0.2) is 47.1 Å². The molecule has 0 unspecified atom stereocenters. The Bertz CT molecular complexity index is 615. The maximum Gasteiger partial charge on any atom is 0.334 e. The molecule has 0 aromatic carbocycles. The lowest BCUT2D eigenvalue weighted by Crippen LogP contribution is -2.44. The summed E-state index contributed by atoms with van der Waals surface area (Å²) in [6, 6.07) is 0. The first-order chi connectivity index (χ1) is 11.8. The first-order valence-corrected chi connectivity index (χ1v) is 8.51. The zero-order chi connectivity index (χ0) is 18.7. The van der Waals surface area contributed by atoms with Crippen LogP contribution in [0.4, 0.5) is 0 Å². The van der Waals surface area contributed by atoms with Crippen LogP contribution < -0.4 is 0 Å². The summed E-state index contributed by atoms with van der Waals surface area (Å²) >= 11 is 0. The molecule has 0 spiro atoms. The highest BCUT2D eigenvalue weighted by Gasteiger charge is 2.47. The number of rotatable bonds is 3. The molecule has 2 N–H and O–H groups in total. The van der Waals surface area contributed by atoms with Crippen molar-refractivity contribution in [2.75, 3.05) is 6.61 Å². The lowest BCUT2D eigenvalue weighted by Gasteiger charge is -2.32. The summed E-state index contributed by atoms with van der Waals surface area (Å²) in [7, 11) is 0. The Hall–Kier alpha value is -1.92. The van der Waals surface area contributed by atoms with Crippen LogP contribution >= 0.6 is 0 Å². The van der Waals surface area contributed by atoms with Crippen molar-refractivity contribution in [2.45, 2.75) is 51.9 Å². The molecular formula is C19H26O6. The fourth-order valence-corrected chi connectivity index (χ4v) is 3.07. The summed E-state index contributed by atoms with van der Waals surface area (Å²) < 4.78 is 10.9. The van der Waals surface area contributed by atoms with E-state index in [-0.39, 0.29) is 12.2 Å². The highest BCUT2D eigenvalue weighted by molar-refractivity contribution is 5.91. The second-order valence-corrected chi connectivity index (χ2v) is 6.91. The van der Waals surface area contributed by atoms with Crippen LogP contribution in [0, 0.1) is 11.8 Å². The first-order valence-electron chi connectivity index (χ1n) is 8.51. The van der Waals surface area contributed by atoms with E-state index in [0.717, 1.165) is 5.57 Å². The van der Waals surface area contributed by atoms with Gasteiger partial charge in [-0.05, 0) is 31.4 Å². The van der Waals surface area contributed by atoms with Gasteiger partial charge in [0.25, 0.3) is 0 Å². The molecule has 2 aliphatic rings. The van der Waals surface area contributed by atoms with Crippen molar-refractivity contribution in [3.8, 4) is 0 Å². The highest BCUT2D eigenvalue weighted by atomic mass is 16.6. The standard InChI is InChI=1S/C19H26O6/c1-10(2)18(22)25-17-15-12(4)19(23)24-14(15)8-11(3)6-5-7-13(9-20)16(17)21/h7-8,10,14-17,20-21H,4-6,9H2,1-3H3/b11-8+,13-7-/t14-,15+,16-,17+/m1/s1. The zero-order valence-electron chi connectivity index (χ0n) is 14.9. The number of carbonyl (C=O) groups excluding carboxylic acids is 2. The Balaban J connectivity index is 2.48.